The van der Waals surface area contributed by atoms with Crippen LogP contribution in [0.25, 0.3) is 11.1 Å². The Morgan fingerprint density at radius 1 is 1.07 bits per heavy atom. The van der Waals surface area contributed by atoms with E-state index in [2.05, 4.69) is 10.6 Å². The van der Waals surface area contributed by atoms with Gasteiger partial charge in [-0.3, -0.25) is 9.59 Å². The van der Waals surface area contributed by atoms with Crippen molar-refractivity contribution in [1.82, 2.24) is 10.6 Å². The molecule has 3 N–H and O–H groups in total. The van der Waals surface area contributed by atoms with E-state index in [0.29, 0.717) is 41.7 Å². The molecule has 220 valence electrons. The Morgan fingerprint density at radius 2 is 1.85 bits per heavy atom. The van der Waals surface area contributed by atoms with Gasteiger partial charge < -0.3 is 20.5 Å². The Bertz CT molecular complexity index is 1350. The summed E-state index contributed by atoms with van der Waals surface area (Å²) in [4.78, 5) is 25.0. The number of rotatable bonds is 8. The first-order valence-corrected chi connectivity index (χ1v) is 15.1. The van der Waals surface area contributed by atoms with Crippen LogP contribution < -0.4 is 15.4 Å². The quantitative estimate of drug-likeness (QED) is 0.356. The van der Waals surface area contributed by atoms with Crippen LogP contribution in [0.1, 0.15) is 95.1 Å². The van der Waals surface area contributed by atoms with Gasteiger partial charge in [-0.05, 0) is 99.6 Å². The van der Waals surface area contributed by atoms with Gasteiger partial charge >= 0.3 is 5.97 Å². The van der Waals surface area contributed by atoms with Crippen molar-refractivity contribution in [2.75, 3.05) is 6.54 Å². The van der Waals surface area contributed by atoms with Gasteiger partial charge in [0.1, 0.15) is 17.7 Å². The largest absolute Gasteiger partial charge is 0.490 e. The van der Waals surface area contributed by atoms with Crippen LogP contribution in [-0.2, 0) is 15.0 Å². The first kappa shape index (κ1) is 28.1. The van der Waals surface area contributed by atoms with Crippen LogP contribution in [0.2, 0.25) is 0 Å². The van der Waals surface area contributed by atoms with Gasteiger partial charge in [0, 0.05) is 36.5 Å². The van der Waals surface area contributed by atoms with Crippen molar-refractivity contribution >= 4 is 11.9 Å². The number of aliphatic carboxylic acids is 1. The molecule has 41 heavy (non-hydrogen) atoms. The van der Waals surface area contributed by atoms with E-state index in [1.165, 1.54) is 6.07 Å². The molecule has 3 atom stereocenters. The summed E-state index contributed by atoms with van der Waals surface area (Å²) in [5, 5.41) is 16.1. The van der Waals surface area contributed by atoms with E-state index < -0.39 is 23.0 Å². The average Bonchev–Trinajstić information content (AvgIpc) is 3.49. The predicted octanol–water partition coefficient (Wildman–Crippen LogP) is 6.16. The van der Waals surface area contributed by atoms with Crippen LogP contribution in [0.5, 0.6) is 5.75 Å². The van der Waals surface area contributed by atoms with Crippen LogP contribution in [-0.4, -0.2) is 46.9 Å². The molecule has 0 aromatic heterocycles. The van der Waals surface area contributed by atoms with Crippen LogP contribution in [0.15, 0.2) is 36.4 Å². The molecule has 6 nitrogen and oxygen atoms in total. The number of alkyl halides is 1. The summed E-state index contributed by atoms with van der Waals surface area (Å²) in [6.45, 7) is 3.37. The Kier molecular flexibility index (Phi) is 7.12. The highest BCUT2D eigenvalue weighted by atomic mass is 19.1. The van der Waals surface area contributed by atoms with E-state index >= 15 is 8.78 Å². The summed E-state index contributed by atoms with van der Waals surface area (Å²) >= 11 is 0. The summed E-state index contributed by atoms with van der Waals surface area (Å²) in [5.74, 6) is -1.05. The highest BCUT2D eigenvalue weighted by Gasteiger charge is 2.55. The summed E-state index contributed by atoms with van der Waals surface area (Å²) in [5.41, 5.74) is -0.557. The molecule has 8 heteroatoms. The number of halogens is 2. The van der Waals surface area contributed by atoms with Gasteiger partial charge in [0.2, 0.25) is 5.67 Å². The third kappa shape index (κ3) is 5.13. The van der Waals surface area contributed by atoms with Crippen molar-refractivity contribution in [3.8, 4) is 16.9 Å². The molecule has 0 radical (unpaired) electrons. The number of carbonyl (C=O) groups is 2. The Labute approximate surface area is 240 Å². The average molecular weight is 567 g/mol. The number of hydrogen-bond acceptors (Lipinski definition) is 4. The first-order valence-electron chi connectivity index (χ1n) is 15.1. The number of carbonyl (C=O) groups excluding carboxylic acids is 1. The summed E-state index contributed by atoms with van der Waals surface area (Å²) in [7, 11) is 0. The van der Waals surface area contributed by atoms with Crippen LogP contribution >= 0.6 is 0 Å². The van der Waals surface area contributed by atoms with Crippen LogP contribution in [0.4, 0.5) is 8.78 Å². The van der Waals surface area contributed by atoms with E-state index in [1.807, 2.05) is 12.1 Å². The van der Waals surface area contributed by atoms with E-state index in [-0.39, 0.29) is 42.4 Å². The molecule has 0 bridgehead atoms. The Morgan fingerprint density at radius 3 is 2.49 bits per heavy atom. The minimum absolute atomic E-state index is 0.0604. The fourth-order valence-corrected chi connectivity index (χ4v) is 7.02. The number of nitrogens with one attached hydrogen (secondary N) is 2. The second-order valence-corrected chi connectivity index (χ2v) is 13.3. The van der Waals surface area contributed by atoms with Crippen molar-refractivity contribution in [3.05, 3.63) is 53.3 Å². The normalized spacial score (nSPS) is 27.3. The lowest BCUT2D eigenvalue weighted by molar-refractivity contribution is -0.142. The van der Waals surface area contributed by atoms with E-state index in [0.717, 1.165) is 44.1 Å². The van der Waals surface area contributed by atoms with Gasteiger partial charge in [0.05, 0.1) is 5.41 Å². The summed E-state index contributed by atoms with van der Waals surface area (Å²) in [6, 6.07) is 10.2. The molecule has 4 aliphatic rings. The molecule has 2 aromatic rings. The second kappa shape index (κ2) is 10.4. The number of benzene rings is 2. The van der Waals surface area contributed by atoms with Gasteiger partial charge in [0.15, 0.2) is 0 Å². The fraction of sp³-hybridized carbons (Fsp3) is 0.576. The topological polar surface area (TPSA) is 87.7 Å². The lowest BCUT2D eigenvalue weighted by atomic mass is 9.74. The predicted molar refractivity (Wildman–Crippen MR) is 152 cm³/mol. The molecule has 3 aliphatic carbocycles. The van der Waals surface area contributed by atoms with Crippen molar-refractivity contribution < 1.29 is 28.2 Å². The molecule has 0 unspecified atom stereocenters. The van der Waals surface area contributed by atoms with E-state index in [1.54, 1.807) is 32.0 Å². The Balaban J connectivity index is 1.23. The maximum Gasteiger partial charge on any atom is 0.313 e. The van der Waals surface area contributed by atoms with E-state index in [4.69, 9.17) is 4.74 Å². The number of ether oxygens (including phenoxy) is 1. The van der Waals surface area contributed by atoms with Crippen molar-refractivity contribution in [1.29, 1.82) is 0 Å². The number of carboxylic acid groups (broad SMARTS) is 1. The maximum absolute atomic E-state index is 15.5. The van der Waals surface area contributed by atoms with Gasteiger partial charge in [-0.1, -0.05) is 24.6 Å². The molecule has 6 rings (SSSR count). The third-order valence-corrected chi connectivity index (χ3v) is 10.2. The molecule has 1 aliphatic heterocycles. The second-order valence-electron chi connectivity index (χ2n) is 13.3. The Hall–Kier alpha value is -3.00. The zero-order valence-electron chi connectivity index (χ0n) is 23.9. The monoisotopic (exact) mass is 566 g/mol. The van der Waals surface area contributed by atoms with Crippen molar-refractivity contribution in [3.63, 3.8) is 0 Å². The lowest BCUT2D eigenvalue weighted by Crippen LogP contribution is -2.49. The zero-order chi connectivity index (χ0) is 29.0. The first-order chi connectivity index (χ1) is 19.5. The van der Waals surface area contributed by atoms with Crippen LogP contribution in [0, 0.1) is 5.82 Å². The number of hydrogen-bond donors (Lipinski definition) is 3. The summed E-state index contributed by atoms with van der Waals surface area (Å²) < 4.78 is 37.3. The molecular formula is C33H40F2N2O4. The maximum atomic E-state index is 15.5. The molecule has 3 saturated carbocycles. The smallest absolute Gasteiger partial charge is 0.313 e. The minimum Gasteiger partial charge on any atom is -0.490 e. The minimum atomic E-state index is -1.88. The summed E-state index contributed by atoms with van der Waals surface area (Å²) in [6.07, 6.45) is 7.73. The number of carboxylic acids is 1. The SMILES string of the molecule is CC(C)(C(=O)O)c1ccc(O[C@@H]2CC[C@@H](NC(=O)[C@]3(F)CNC4(CCC4)C3)C2)c(-c2cccc(F)c2C2CCC2)c1. The fourth-order valence-electron chi connectivity index (χ4n) is 7.02. The molecule has 1 saturated heterocycles. The van der Waals surface area contributed by atoms with Gasteiger partial charge in [-0.2, -0.15) is 0 Å². The third-order valence-electron chi connectivity index (χ3n) is 10.2. The van der Waals surface area contributed by atoms with Gasteiger partial charge in [-0.15, -0.1) is 0 Å². The number of amides is 1. The zero-order valence-corrected chi connectivity index (χ0v) is 23.9. The van der Waals surface area contributed by atoms with Crippen LogP contribution in [0.3, 0.4) is 0 Å². The van der Waals surface area contributed by atoms with Gasteiger partial charge in [-0.25, -0.2) is 8.78 Å². The van der Waals surface area contributed by atoms with Gasteiger partial charge in [0.25, 0.3) is 5.91 Å². The standard InChI is InChI=1S/C33H40F2N2O4/c1-31(2,30(39)40)21-10-13-27(25(16-21)24-8-4-9-26(34)28(24)20-6-3-7-20)41-23-12-11-22(17-23)37-29(38)33(35)18-32(36-19-33)14-5-15-32/h4,8-10,13,16,20,22-23,36H,3,5-7,11-12,14-15,17-19H2,1-2H3,(H,37,38)(H,39,40)/t22-,23-,33-/m1/s1. The lowest BCUT2D eigenvalue weighted by Gasteiger charge is -2.38. The molecule has 4 fully saturated rings. The molecule has 2 aromatic carbocycles. The highest BCUT2D eigenvalue weighted by molar-refractivity contribution is 5.86. The van der Waals surface area contributed by atoms with E-state index in [9.17, 15) is 14.7 Å². The highest BCUT2D eigenvalue weighted by Crippen LogP contribution is 2.47. The van der Waals surface area contributed by atoms with Crippen molar-refractivity contribution in [2.45, 2.75) is 113 Å². The van der Waals surface area contributed by atoms with Crippen molar-refractivity contribution in [2.24, 2.45) is 0 Å². The molecule has 1 heterocycles. The molecule has 1 amide bonds. The molecular weight excluding hydrogens is 526 g/mol. The molecule has 1 spiro atoms.